The fourth-order valence-corrected chi connectivity index (χ4v) is 2.68. The summed E-state index contributed by atoms with van der Waals surface area (Å²) in [6, 6.07) is 11.7. The first kappa shape index (κ1) is 10.7. The second-order valence-corrected chi connectivity index (χ2v) is 5.42. The van der Waals surface area contributed by atoms with Crippen LogP contribution in [-0.4, -0.2) is 0 Å². The van der Waals surface area contributed by atoms with Gasteiger partial charge in [-0.3, -0.25) is 0 Å². The summed E-state index contributed by atoms with van der Waals surface area (Å²) in [6.45, 7) is 0.543. The molecule has 1 heterocycles. The van der Waals surface area contributed by atoms with E-state index in [4.69, 9.17) is 10.5 Å². The molecule has 0 aliphatic heterocycles. The minimum absolute atomic E-state index is 0.543. The standard InChI is InChI=1S/C11H10BrNOS/c12-11-10(6-9(7-13)15-11)14-8-4-2-1-3-5-8/h1-6H,7,13H2. The van der Waals surface area contributed by atoms with E-state index < -0.39 is 0 Å². The summed E-state index contributed by atoms with van der Waals surface area (Å²) >= 11 is 5.05. The Morgan fingerprint density at radius 2 is 2.00 bits per heavy atom. The van der Waals surface area contributed by atoms with Crippen molar-refractivity contribution in [1.82, 2.24) is 0 Å². The topological polar surface area (TPSA) is 35.2 Å². The van der Waals surface area contributed by atoms with Crippen LogP contribution >= 0.6 is 27.3 Å². The summed E-state index contributed by atoms with van der Waals surface area (Å²) in [5, 5.41) is 0. The van der Waals surface area contributed by atoms with Gasteiger partial charge in [-0.15, -0.1) is 11.3 Å². The molecule has 0 saturated carbocycles. The average molecular weight is 284 g/mol. The molecule has 1 aromatic heterocycles. The van der Waals surface area contributed by atoms with Crippen molar-refractivity contribution < 1.29 is 4.74 Å². The van der Waals surface area contributed by atoms with Crippen LogP contribution in [0.15, 0.2) is 40.2 Å². The van der Waals surface area contributed by atoms with Gasteiger partial charge in [0.25, 0.3) is 0 Å². The van der Waals surface area contributed by atoms with Crippen molar-refractivity contribution >= 4 is 27.3 Å². The van der Waals surface area contributed by atoms with Crippen molar-refractivity contribution in [2.24, 2.45) is 5.73 Å². The van der Waals surface area contributed by atoms with Crippen molar-refractivity contribution in [3.8, 4) is 11.5 Å². The normalized spacial score (nSPS) is 10.3. The summed E-state index contributed by atoms with van der Waals surface area (Å²) in [5.41, 5.74) is 5.56. The minimum Gasteiger partial charge on any atom is -0.455 e. The van der Waals surface area contributed by atoms with Gasteiger partial charge < -0.3 is 10.5 Å². The van der Waals surface area contributed by atoms with E-state index in [0.29, 0.717) is 6.54 Å². The third kappa shape index (κ3) is 2.59. The Bertz CT molecular complexity index is 441. The summed E-state index contributed by atoms with van der Waals surface area (Å²) in [5.74, 6) is 1.66. The number of para-hydroxylation sites is 1. The zero-order valence-electron chi connectivity index (χ0n) is 7.94. The smallest absolute Gasteiger partial charge is 0.152 e. The molecule has 1 aromatic carbocycles. The maximum Gasteiger partial charge on any atom is 0.152 e. The minimum atomic E-state index is 0.543. The van der Waals surface area contributed by atoms with E-state index in [-0.39, 0.29) is 0 Å². The molecule has 0 atom stereocenters. The van der Waals surface area contributed by atoms with Crippen molar-refractivity contribution in [3.05, 3.63) is 45.1 Å². The van der Waals surface area contributed by atoms with Gasteiger partial charge >= 0.3 is 0 Å². The molecule has 2 N–H and O–H groups in total. The number of benzene rings is 1. The number of rotatable bonds is 3. The molecule has 0 aliphatic rings. The van der Waals surface area contributed by atoms with Gasteiger partial charge in [0.2, 0.25) is 0 Å². The maximum atomic E-state index is 5.70. The summed E-state index contributed by atoms with van der Waals surface area (Å²) in [6.07, 6.45) is 0. The van der Waals surface area contributed by atoms with Gasteiger partial charge in [0.05, 0.1) is 0 Å². The van der Waals surface area contributed by atoms with Crippen LogP contribution in [-0.2, 0) is 6.54 Å². The predicted molar refractivity (Wildman–Crippen MR) is 66.4 cm³/mol. The average Bonchev–Trinajstić information content (AvgIpc) is 2.61. The first-order valence-electron chi connectivity index (χ1n) is 4.51. The first-order valence-corrected chi connectivity index (χ1v) is 6.11. The monoisotopic (exact) mass is 283 g/mol. The van der Waals surface area contributed by atoms with Gasteiger partial charge in [0.15, 0.2) is 5.75 Å². The lowest BCUT2D eigenvalue weighted by Crippen LogP contribution is -1.91. The molecule has 4 heteroatoms. The number of hydrogen-bond donors (Lipinski definition) is 1. The van der Waals surface area contributed by atoms with Crippen molar-refractivity contribution in [1.29, 1.82) is 0 Å². The number of ether oxygens (including phenoxy) is 1. The van der Waals surface area contributed by atoms with Crippen LogP contribution in [0.1, 0.15) is 4.88 Å². The Hall–Kier alpha value is -0.840. The van der Waals surface area contributed by atoms with Gasteiger partial charge in [-0.1, -0.05) is 18.2 Å². The van der Waals surface area contributed by atoms with E-state index in [0.717, 1.165) is 20.2 Å². The molecule has 2 nitrogen and oxygen atoms in total. The van der Waals surface area contributed by atoms with Gasteiger partial charge in [-0.2, -0.15) is 0 Å². The molecule has 0 saturated heterocycles. The third-order valence-electron chi connectivity index (χ3n) is 1.88. The molecular formula is C11H10BrNOS. The lowest BCUT2D eigenvalue weighted by Gasteiger charge is -2.02. The SMILES string of the molecule is NCc1cc(Oc2ccccc2)c(Br)s1. The Labute approximate surface area is 101 Å². The van der Waals surface area contributed by atoms with Crippen LogP contribution in [0.2, 0.25) is 0 Å². The Balaban J connectivity index is 2.21. The van der Waals surface area contributed by atoms with Gasteiger partial charge in [0, 0.05) is 11.4 Å². The maximum absolute atomic E-state index is 5.70. The molecule has 15 heavy (non-hydrogen) atoms. The van der Waals surface area contributed by atoms with Crippen LogP contribution in [0.3, 0.4) is 0 Å². The molecule has 0 spiro atoms. The number of nitrogens with two attached hydrogens (primary N) is 1. The molecule has 0 bridgehead atoms. The molecule has 0 fully saturated rings. The fraction of sp³-hybridized carbons (Fsp3) is 0.0909. The summed E-state index contributed by atoms with van der Waals surface area (Å²) in [4.78, 5) is 1.10. The van der Waals surface area contributed by atoms with Crippen molar-refractivity contribution in [3.63, 3.8) is 0 Å². The molecule has 78 valence electrons. The van der Waals surface area contributed by atoms with E-state index >= 15 is 0 Å². The summed E-state index contributed by atoms with van der Waals surface area (Å²) in [7, 11) is 0. The number of thiophene rings is 1. The van der Waals surface area contributed by atoms with Gasteiger partial charge in [-0.25, -0.2) is 0 Å². The van der Waals surface area contributed by atoms with Crippen molar-refractivity contribution in [2.45, 2.75) is 6.54 Å². The molecule has 0 aliphatic carbocycles. The van der Waals surface area contributed by atoms with Crippen LogP contribution in [0.5, 0.6) is 11.5 Å². The third-order valence-corrected chi connectivity index (χ3v) is 3.68. The highest BCUT2D eigenvalue weighted by molar-refractivity contribution is 9.11. The lowest BCUT2D eigenvalue weighted by molar-refractivity contribution is 0.482. The van der Waals surface area contributed by atoms with Crippen LogP contribution in [0, 0.1) is 0 Å². The molecule has 2 rings (SSSR count). The Morgan fingerprint density at radius 1 is 1.27 bits per heavy atom. The molecule has 0 amide bonds. The largest absolute Gasteiger partial charge is 0.455 e. The zero-order valence-corrected chi connectivity index (χ0v) is 10.3. The molecule has 0 unspecified atom stereocenters. The van der Waals surface area contributed by atoms with Gasteiger partial charge in [-0.05, 0) is 34.1 Å². The fourth-order valence-electron chi connectivity index (χ4n) is 1.18. The Morgan fingerprint density at radius 3 is 2.60 bits per heavy atom. The summed E-state index contributed by atoms with van der Waals surface area (Å²) < 4.78 is 6.68. The number of halogens is 1. The van der Waals surface area contributed by atoms with E-state index in [2.05, 4.69) is 15.9 Å². The quantitative estimate of drug-likeness (QED) is 0.931. The number of hydrogen-bond acceptors (Lipinski definition) is 3. The first-order chi connectivity index (χ1) is 7.29. The van der Waals surface area contributed by atoms with E-state index in [1.807, 2.05) is 36.4 Å². The lowest BCUT2D eigenvalue weighted by atomic mass is 10.3. The molecule has 0 radical (unpaired) electrons. The molecular weight excluding hydrogens is 274 g/mol. The highest BCUT2D eigenvalue weighted by Gasteiger charge is 2.07. The highest BCUT2D eigenvalue weighted by Crippen LogP contribution is 2.36. The second-order valence-electron chi connectivity index (χ2n) is 2.97. The Kier molecular flexibility index (Phi) is 3.41. The van der Waals surface area contributed by atoms with Crippen LogP contribution in [0.4, 0.5) is 0 Å². The van der Waals surface area contributed by atoms with E-state index in [9.17, 15) is 0 Å². The van der Waals surface area contributed by atoms with Crippen LogP contribution in [0.25, 0.3) is 0 Å². The predicted octanol–water partition coefficient (Wildman–Crippen LogP) is 3.76. The van der Waals surface area contributed by atoms with Crippen molar-refractivity contribution in [2.75, 3.05) is 0 Å². The van der Waals surface area contributed by atoms with Crippen LogP contribution < -0.4 is 10.5 Å². The second kappa shape index (κ2) is 4.79. The van der Waals surface area contributed by atoms with E-state index in [1.165, 1.54) is 0 Å². The van der Waals surface area contributed by atoms with Gasteiger partial charge in [0.1, 0.15) is 9.54 Å². The zero-order chi connectivity index (χ0) is 10.7. The highest BCUT2D eigenvalue weighted by atomic mass is 79.9. The molecule has 2 aromatic rings. The van der Waals surface area contributed by atoms with E-state index in [1.54, 1.807) is 11.3 Å².